The number of anilines is 1. The largest absolute Gasteiger partial charge is 0.491 e. The number of allylic oxidation sites excluding steroid dienone is 3. The number of hydrogen-bond donors (Lipinski definition) is 4. The molecule has 2 aromatic carbocycles. The van der Waals surface area contributed by atoms with Crippen LogP contribution in [0.15, 0.2) is 66.3 Å². The summed E-state index contributed by atoms with van der Waals surface area (Å²) in [7, 11) is 0. The molecule has 2 atom stereocenters. The second-order valence-corrected chi connectivity index (χ2v) is 7.70. The van der Waals surface area contributed by atoms with Crippen LogP contribution in [-0.2, 0) is 9.53 Å². The van der Waals surface area contributed by atoms with Crippen LogP contribution < -0.4 is 15.5 Å². The molecule has 0 unspecified atom stereocenters. The van der Waals surface area contributed by atoms with Gasteiger partial charge in [-0.05, 0) is 48.7 Å². The van der Waals surface area contributed by atoms with Gasteiger partial charge in [-0.15, -0.1) is 0 Å². The van der Waals surface area contributed by atoms with Crippen molar-refractivity contribution < 1.29 is 38.2 Å². The third kappa shape index (κ3) is 9.19. The molecule has 8 nitrogen and oxygen atoms in total. The molecule has 0 bridgehead atoms. The summed E-state index contributed by atoms with van der Waals surface area (Å²) in [4.78, 5) is 23.8. The Balaban J connectivity index is 2.18. The molecule has 0 radical (unpaired) electrons. The van der Waals surface area contributed by atoms with Crippen LogP contribution in [-0.4, -0.2) is 35.5 Å². The molecule has 2 amide bonds. The maximum atomic E-state index is 13.9. The lowest BCUT2D eigenvalue weighted by Crippen LogP contribution is -2.22. The van der Waals surface area contributed by atoms with Gasteiger partial charge in [-0.2, -0.15) is 0 Å². The topological polar surface area (TPSA) is 117 Å². The first kappa shape index (κ1) is 27.5. The number of aliphatic hydroxyl groups excluding tert-OH is 1. The van der Waals surface area contributed by atoms with Gasteiger partial charge in [0.2, 0.25) is 0 Å². The summed E-state index contributed by atoms with van der Waals surface area (Å²) in [6, 6.07) is 9.52. The molecule has 0 aliphatic rings. The zero-order valence-corrected chi connectivity index (χ0v) is 19.3. The van der Waals surface area contributed by atoms with Crippen LogP contribution in [0, 0.1) is 17.6 Å². The number of carbonyl (C=O) groups is 2. The van der Waals surface area contributed by atoms with Gasteiger partial charge < -0.3 is 14.6 Å². The molecule has 0 aromatic heterocycles. The minimum Gasteiger partial charge on any atom is -0.491 e. The highest BCUT2D eigenvalue weighted by Gasteiger charge is 2.24. The van der Waals surface area contributed by atoms with Crippen LogP contribution in [0.1, 0.15) is 31.9 Å². The summed E-state index contributed by atoms with van der Waals surface area (Å²) < 4.78 is 38.0. The molecule has 0 spiro atoms. The molecule has 35 heavy (non-hydrogen) atoms. The highest BCUT2D eigenvalue weighted by atomic mass is 19.1. The fourth-order valence-corrected chi connectivity index (χ4v) is 3.15. The average Bonchev–Trinajstić information content (AvgIpc) is 2.83. The highest BCUT2D eigenvalue weighted by molar-refractivity contribution is 5.87. The van der Waals surface area contributed by atoms with E-state index in [1.54, 1.807) is 43.3 Å². The second-order valence-electron chi connectivity index (χ2n) is 7.70. The van der Waals surface area contributed by atoms with Gasteiger partial charge in [0.1, 0.15) is 30.1 Å². The third-order valence-electron chi connectivity index (χ3n) is 4.84. The molecule has 0 fully saturated rings. The molecule has 0 aliphatic carbocycles. The summed E-state index contributed by atoms with van der Waals surface area (Å²) in [5.41, 5.74) is 2.53. The number of nitrogens with one attached hydrogen (secondary N) is 2. The lowest BCUT2D eigenvalue weighted by Gasteiger charge is -2.24. The van der Waals surface area contributed by atoms with Crippen molar-refractivity contribution in [3.63, 3.8) is 0 Å². The molecule has 0 saturated heterocycles. The number of aliphatic hydroxyl groups is 1. The molecular formula is C25H28F2N2O6. The van der Waals surface area contributed by atoms with Gasteiger partial charge in [0.05, 0.1) is 12.3 Å². The minimum atomic E-state index is -0.936. The molecule has 0 heterocycles. The number of rotatable bonds is 11. The number of halogens is 2. The molecule has 0 saturated carbocycles. The van der Waals surface area contributed by atoms with Crippen molar-refractivity contribution in [2.45, 2.75) is 26.4 Å². The number of carbonyl (C=O) groups excluding carboxylic acids is 2. The Morgan fingerprint density at radius 1 is 1.14 bits per heavy atom. The predicted molar refractivity (Wildman–Crippen MR) is 125 cm³/mol. The van der Waals surface area contributed by atoms with E-state index in [1.807, 2.05) is 6.92 Å². The number of hydrogen-bond acceptors (Lipinski definition) is 6. The SMILES string of the molecule is CC(/C=C/C[C@@H](C)[C@H](OC(=O)Nc1ccc(F)cc1F)c1ccc(OCCO)cc1)=C\C(=O)NO. The first-order chi connectivity index (χ1) is 16.7. The van der Waals surface area contributed by atoms with Crippen molar-refractivity contribution >= 4 is 17.7 Å². The van der Waals surface area contributed by atoms with Gasteiger partial charge in [0.25, 0.3) is 5.91 Å². The van der Waals surface area contributed by atoms with Crippen molar-refractivity contribution in [1.82, 2.24) is 5.48 Å². The molecule has 2 aromatic rings. The van der Waals surface area contributed by atoms with E-state index >= 15 is 0 Å². The fourth-order valence-electron chi connectivity index (χ4n) is 3.15. The quantitative estimate of drug-likeness (QED) is 0.158. The summed E-state index contributed by atoms with van der Waals surface area (Å²) in [6.07, 6.45) is 3.45. The van der Waals surface area contributed by atoms with Crippen molar-refractivity contribution in [3.05, 3.63) is 83.5 Å². The summed E-state index contributed by atoms with van der Waals surface area (Å²) in [5.74, 6) is -2.10. The van der Waals surface area contributed by atoms with Crippen molar-refractivity contribution in [2.24, 2.45) is 5.92 Å². The summed E-state index contributed by atoms with van der Waals surface area (Å²) >= 11 is 0. The van der Waals surface area contributed by atoms with E-state index in [4.69, 9.17) is 19.8 Å². The fraction of sp³-hybridized carbons (Fsp3) is 0.280. The van der Waals surface area contributed by atoms with Gasteiger partial charge in [0.15, 0.2) is 0 Å². The Kier molecular flexibility index (Phi) is 10.9. The smallest absolute Gasteiger partial charge is 0.412 e. The lowest BCUT2D eigenvalue weighted by atomic mass is 9.94. The van der Waals surface area contributed by atoms with Crippen LogP contribution in [0.2, 0.25) is 0 Å². The average molecular weight is 491 g/mol. The van der Waals surface area contributed by atoms with Gasteiger partial charge in [-0.3, -0.25) is 15.3 Å². The zero-order chi connectivity index (χ0) is 25.8. The van der Waals surface area contributed by atoms with Crippen LogP contribution >= 0.6 is 0 Å². The van der Waals surface area contributed by atoms with Gasteiger partial charge in [0, 0.05) is 18.1 Å². The lowest BCUT2D eigenvalue weighted by molar-refractivity contribution is -0.124. The second kappa shape index (κ2) is 13.8. The Labute approximate surface area is 201 Å². The van der Waals surface area contributed by atoms with Gasteiger partial charge >= 0.3 is 6.09 Å². The Hall–Kier alpha value is -3.76. The van der Waals surface area contributed by atoms with Crippen LogP contribution in [0.5, 0.6) is 5.75 Å². The molecular weight excluding hydrogens is 462 g/mol. The number of hydroxylamine groups is 1. The normalized spacial score (nSPS) is 13.3. The minimum absolute atomic E-state index is 0.132. The first-order valence-corrected chi connectivity index (χ1v) is 10.8. The molecule has 2 rings (SSSR count). The highest BCUT2D eigenvalue weighted by Crippen LogP contribution is 2.31. The van der Waals surface area contributed by atoms with Crippen molar-refractivity contribution in [1.29, 1.82) is 0 Å². The predicted octanol–water partition coefficient (Wildman–Crippen LogP) is 4.66. The van der Waals surface area contributed by atoms with E-state index in [2.05, 4.69) is 5.32 Å². The Bertz CT molecular complexity index is 1060. The van der Waals surface area contributed by atoms with Crippen molar-refractivity contribution in [2.75, 3.05) is 18.5 Å². The Morgan fingerprint density at radius 3 is 2.49 bits per heavy atom. The first-order valence-electron chi connectivity index (χ1n) is 10.8. The Morgan fingerprint density at radius 2 is 1.86 bits per heavy atom. The maximum Gasteiger partial charge on any atom is 0.412 e. The van der Waals surface area contributed by atoms with Crippen LogP contribution in [0.25, 0.3) is 0 Å². The van der Waals surface area contributed by atoms with Crippen molar-refractivity contribution in [3.8, 4) is 5.75 Å². The third-order valence-corrected chi connectivity index (χ3v) is 4.84. The number of amides is 2. The summed E-state index contributed by atoms with van der Waals surface area (Å²) in [5, 5.41) is 19.8. The molecule has 4 N–H and O–H groups in total. The molecule has 10 heteroatoms. The maximum absolute atomic E-state index is 13.9. The monoisotopic (exact) mass is 490 g/mol. The van der Waals surface area contributed by atoms with Gasteiger partial charge in [-0.1, -0.05) is 31.2 Å². The molecule has 0 aliphatic heterocycles. The van der Waals surface area contributed by atoms with E-state index in [0.717, 1.165) is 12.1 Å². The van der Waals surface area contributed by atoms with E-state index in [0.29, 0.717) is 29.4 Å². The van der Waals surface area contributed by atoms with Crippen LogP contribution in [0.3, 0.4) is 0 Å². The van der Waals surface area contributed by atoms with E-state index in [-0.39, 0.29) is 24.8 Å². The van der Waals surface area contributed by atoms with Gasteiger partial charge in [-0.25, -0.2) is 19.1 Å². The molecule has 188 valence electrons. The summed E-state index contributed by atoms with van der Waals surface area (Å²) in [6.45, 7) is 3.52. The number of benzene rings is 2. The van der Waals surface area contributed by atoms with Crippen LogP contribution in [0.4, 0.5) is 19.3 Å². The van der Waals surface area contributed by atoms with E-state index < -0.39 is 29.7 Å². The van der Waals surface area contributed by atoms with E-state index in [1.165, 1.54) is 11.6 Å². The van der Waals surface area contributed by atoms with E-state index in [9.17, 15) is 18.4 Å². The standard InChI is InChI=1S/C25H28F2N2O6/c1-16(14-23(31)29-33)4-3-5-17(2)24(18-6-9-20(10-7-18)34-13-12-30)35-25(32)28-22-11-8-19(26)15-21(22)27/h3-4,6-11,14-15,17,24,30,33H,5,12-13H2,1-2H3,(H,28,32)(H,29,31)/b4-3+,16-14+/t17-,24+/m1/s1. The zero-order valence-electron chi connectivity index (χ0n) is 19.3. The number of ether oxygens (including phenoxy) is 2.